The summed E-state index contributed by atoms with van der Waals surface area (Å²) in [4.78, 5) is 11.2. The summed E-state index contributed by atoms with van der Waals surface area (Å²) in [5.41, 5.74) is 3.70. The minimum atomic E-state index is 0.580. The molecule has 0 saturated heterocycles. The van der Waals surface area contributed by atoms with E-state index in [9.17, 15) is 0 Å². The van der Waals surface area contributed by atoms with E-state index in [1.54, 1.807) is 35.1 Å². The third-order valence-corrected chi connectivity index (χ3v) is 7.16. The molecule has 0 saturated carbocycles. The van der Waals surface area contributed by atoms with E-state index < -0.39 is 0 Å². The highest BCUT2D eigenvalue weighted by atomic mass is 32.1. The number of hydrogen-bond acceptors (Lipinski definition) is 8. The summed E-state index contributed by atoms with van der Waals surface area (Å²) in [6, 6.07) is 8.02. The highest BCUT2D eigenvalue weighted by molar-refractivity contribution is 7.12. The van der Waals surface area contributed by atoms with Gasteiger partial charge in [-0.1, -0.05) is 12.2 Å². The molecule has 0 spiro atoms. The third-order valence-electron chi connectivity index (χ3n) is 5.34. The molecule has 4 aromatic rings. The summed E-state index contributed by atoms with van der Waals surface area (Å²) < 4.78 is 22.8. The van der Waals surface area contributed by atoms with Crippen molar-refractivity contribution in [3.8, 4) is 34.4 Å². The molecule has 8 heteroatoms. The number of rotatable bonds is 5. The summed E-state index contributed by atoms with van der Waals surface area (Å²) in [6.07, 6.45) is 11.8. The first-order chi connectivity index (χ1) is 16.8. The van der Waals surface area contributed by atoms with E-state index in [1.807, 2.05) is 35.0 Å². The van der Waals surface area contributed by atoms with Crippen molar-refractivity contribution >= 4 is 47.0 Å². The zero-order chi connectivity index (χ0) is 22.7. The topological polar surface area (TPSA) is 62.7 Å². The van der Waals surface area contributed by atoms with Crippen LogP contribution in [-0.2, 0) is 0 Å². The number of fused-ring (bicyclic) bond motifs is 2. The van der Waals surface area contributed by atoms with Gasteiger partial charge in [0.25, 0.3) is 0 Å². The van der Waals surface area contributed by atoms with E-state index in [-0.39, 0.29) is 0 Å². The van der Waals surface area contributed by atoms with Crippen molar-refractivity contribution < 1.29 is 18.9 Å². The molecule has 2 aliphatic heterocycles. The maximum absolute atomic E-state index is 5.76. The third kappa shape index (κ3) is 4.30. The molecule has 2 aliphatic rings. The van der Waals surface area contributed by atoms with Crippen LogP contribution < -0.4 is 18.9 Å². The fraction of sp³-hybridized carbons (Fsp3) is 0.154. The Morgan fingerprint density at radius 1 is 0.618 bits per heavy atom. The minimum Gasteiger partial charge on any atom is -0.485 e. The number of pyridine rings is 2. The van der Waals surface area contributed by atoms with Gasteiger partial charge in [0.1, 0.15) is 26.4 Å². The monoisotopic (exact) mass is 488 g/mol. The number of thiophene rings is 2. The van der Waals surface area contributed by atoms with Crippen LogP contribution in [0.3, 0.4) is 0 Å². The zero-order valence-corrected chi connectivity index (χ0v) is 19.7. The van der Waals surface area contributed by atoms with Crippen LogP contribution in [0.25, 0.3) is 35.7 Å². The Bertz CT molecular complexity index is 1280. The van der Waals surface area contributed by atoms with Crippen molar-refractivity contribution in [2.75, 3.05) is 26.4 Å². The molecule has 0 N–H and O–H groups in total. The molecule has 0 fully saturated rings. The zero-order valence-electron chi connectivity index (χ0n) is 18.1. The molecule has 0 unspecified atom stereocenters. The average molecular weight is 489 g/mol. The lowest BCUT2D eigenvalue weighted by Crippen LogP contribution is -2.14. The van der Waals surface area contributed by atoms with Gasteiger partial charge in [-0.15, -0.1) is 22.7 Å². The molecule has 6 nitrogen and oxygen atoms in total. The number of ether oxygens (including phenoxy) is 4. The van der Waals surface area contributed by atoms with Gasteiger partial charge < -0.3 is 18.9 Å². The normalized spacial score (nSPS) is 14.7. The van der Waals surface area contributed by atoms with Gasteiger partial charge in [0.05, 0.1) is 21.1 Å². The van der Waals surface area contributed by atoms with Gasteiger partial charge in [0.15, 0.2) is 23.0 Å². The van der Waals surface area contributed by atoms with Crippen LogP contribution in [0.1, 0.15) is 20.9 Å². The largest absolute Gasteiger partial charge is 0.485 e. The molecule has 34 heavy (non-hydrogen) atoms. The number of aromatic nitrogens is 2. The molecule has 6 heterocycles. The lowest BCUT2D eigenvalue weighted by molar-refractivity contribution is 0.173. The fourth-order valence-electron chi connectivity index (χ4n) is 3.72. The van der Waals surface area contributed by atoms with Gasteiger partial charge >= 0.3 is 0 Å². The van der Waals surface area contributed by atoms with E-state index in [0.717, 1.165) is 55.3 Å². The second kappa shape index (κ2) is 9.32. The lowest BCUT2D eigenvalue weighted by atomic mass is 10.1. The summed E-state index contributed by atoms with van der Waals surface area (Å²) in [5.74, 6) is 3.30. The van der Waals surface area contributed by atoms with Crippen LogP contribution in [0.5, 0.6) is 23.0 Å². The van der Waals surface area contributed by atoms with Gasteiger partial charge in [-0.25, -0.2) is 0 Å². The Morgan fingerprint density at radius 3 is 1.59 bits per heavy atom. The van der Waals surface area contributed by atoms with E-state index in [1.165, 1.54) is 0 Å². The van der Waals surface area contributed by atoms with E-state index >= 15 is 0 Å². The second-order valence-electron chi connectivity index (χ2n) is 7.60. The van der Waals surface area contributed by atoms with Gasteiger partial charge in [-0.2, -0.15) is 0 Å². The van der Waals surface area contributed by atoms with Crippen molar-refractivity contribution in [1.29, 1.82) is 0 Å². The van der Waals surface area contributed by atoms with E-state index in [2.05, 4.69) is 34.3 Å². The molecule has 0 radical (unpaired) electrons. The standard InChI is InChI=1S/C26H20N2O4S2/c1(3-23-25-21(15-33-23)29-9-11-31-25)17-5-7-27-19(13-17)20-14-18(6-8-28-20)2-4-24-26-22(16-34-24)30-10-12-32-26/h1-8,13-16H,9-12H2/b3-1+,4-2+. The second-order valence-corrected chi connectivity index (χ2v) is 9.42. The van der Waals surface area contributed by atoms with Crippen molar-refractivity contribution in [2.45, 2.75) is 0 Å². The van der Waals surface area contributed by atoms with Crippen molar-refractivity contribution in [2.24, 2.45) is 0 Å². The molecule has 0 aromatic carbocycles. The molecule has 170 valence electrons. The van der Waals surface area contributed by atoms with E-state index in [0.29, 0.717) is 26.4 Å². The molecule has 0 atom stereocenters. The molecule has 6 rings (SSSR count). The fourth-order valence-corrected chi connectivity index (χ4v) is 5.36. The number of hydrogen-bond donors (Lipinski definition) is 0. The van der Waals surface area contributed by atoms with Crippen LogP contribution >= 0.6 is 22.7 Å². The highest BCUT2D eigenvalue weighted by Crippen LogP contribution is 2.41. The van der Waals surface area contributed by atoms with Crippen LogP contribution in [0.2, 0.25) is 0 Å². The van der Waals surface area contributed by atoms with Crippen molar-refractivity contribution in [3.05, 3.63) is 68.3 Å². The molecule has 0 amide bonds. The number of nitrogens with zero attached hydrogens (tertiary/aromatic N) is 2. The Morgan fingerprint density at radius 2 is 1.09 bits per heavy atom. The van der Waals surface area contributed by atoms with Crippen molar-refractivity contribution in [1.82, 2.24) is 9.97 Å². The molecule has 4 aromatic heterocycles. The Balaban J connectivity index is 1.22. The maximum Gasteiger partial charge on any atom is 0.179 e. The van der Waals surface area contributed by atoms with Crippen LogP contribution in [0, 0.1) is 0 Å². The van der Waals surface area contributed by atoms with Gasteiger partial charge in [-0.3, -0.25) is 9.97 Å². The van der Waals surface area contributed by atoms with Crippen LogP contribution in [0.4, 0.5) is 0 Å². The minimum absolute atomic E-state index is 0.580. The highest BCUT2D eigenvalue weighted by Gasteiger charge is 2.17. The first-order valence-corrected chi connectivity index (χ1v) is 12.6. The van der Waals surface area contributed by atoms with E-state index in [4.69, 9.17) is 18.9 Å². The molecule has 0 aliphatic carbocycles. The Labute approximate surface area is 204 Å². The van der Waals surface area contributed by atoms with Gasteiger partial charge in [0, 0.05) is 23.2 Å². The van der Waals surface area contributed by atoms with Gasteiger partial charge in [0.2, 0.25) is 0 Å². The molecule has 0 bridgehead atoms. The Hall–Kier alpha value is -3.62. The maximum atomic E-state index is 5.76. The lowest BCUT2D eigenvalue weighted by Gasteiger charge is -2.15. The smallest absolute Gasteiger partial charge is 0.179 e. The first-order valence-electron chi connectivity index (χ1n) is 10.9. The molecular weight excluding hydrogens is 468 g/mol. The SMILES string of the molecule is C(=C\c1scc2c1OCCO2)/c1ccnc(-c2cc(/C=C/c3scc4c3OCCO4)ccn2)c1. The predicted octanol–water partition coefficient (Wildman–Crippen LogP) is 6.15. The first kappa shape index (κ1) is 20.9. The average Bonchev–Trinajstić information content (AvgIpc) is 3.51. The van der Waals surface area contributed by atoms with Crippen LogP contribution in [0.15, 0.2) is 47.4 Å². The molecular formula is C26H20N2O4S2. The summed E-state index contributed by atoms with van der Waals surface area (Å²) in [7, 11) is 0. The summed E-state index contributed by atoms with van der Waals surface area (Å²) in [5, 5.41) is 3.97. The summed E-state index contributed by atoms with van der Waals surface area (Å²) in [6.45, 7) is 2.35. The van der Waals surface area contributed by atoms with Crippen LogP contribution in [-0.4, -0.2) is 36.4 Å². The summed E-state index contributed by atoms with van der Waals surface area (Å²) >= 11 is 3.22. The van der Waals surface area contributed by atoms with Gasteiger partial charge in [-0.05, 0) is 47.5 Å². The quantitative estimate of drug-likeness (QED) is 0.336. The predicted molar refractivity (Wildman–Crippen MR) is 136 cm³/mol. The Kier molecular flexibility index (Phi) is 5.74. The van der Waals surface area contributed by atoms with Crippen molar-refractivity contribution in [3.63, 3.8) is 0 Å².